The van der Waals surface area contributed by atoms with Gasteiger partial charge in [-0.25, -0.2) is 0 Å². The molecule has 1 nitrogen and oxygen atoms in total. The van der Waals surface area contributed by atoms with Gasteiger partial charge in [-0.05, 0) is 19.1 Å². The average Bonchev–Trinajstić information content (AvgIpc) is 2.34. The van der Waals surface area contributed by atoms with Crippen molar-refractivity contribution in [2.45, 2.75) is 13.0 Å². The molecule has 0 saturated carbocycles. The Kier molecular flexibility index (Phi) is 4.42. The molecule has 0 aromatic carbocycles. The van der Waals surface area contributed by atoms with Crippen LogP contribution in [0.15, 0.2) is 24.8 Å². The molecule has 0 aliphatic heterocycles. The van der Waals surface area contributed by atoms with E-state index in [0.717, 1.165) is 0 Å². The van der Waals surface area contributed by atoms with Gasteiger partial charge in [0.15, 0.2) is 0 Å². The summed E-state index contributed by atoms with van der Waals surface area (Å²) in [6, 6.07) is 4.13. The molecule has 0 amide bonds. The lowest BCUT2D eigenvalue weighted by molar-refractivity contribution is 0.940. The van der Waals surface area contributed by atoms with E-state index in [1.165, 1.54) is 9.75 Å². The molecule has 1 aromatic rings. The highest BCUT2D eigenvalue weighted by Gasteiger charge is 2.01. The molecule has 1 heterocycles. The molecule has 0 aliphatic rings. The Morgan fingerprint density at radius 1 is 1.64 bits per heavy atom. The molecule has 62 valence electrons. The zero-order chi connectivity index (χ0) is 7.56. The van der Waals surface area contributed by atoms with Crippen LogP contribution < -0.4 is 5.73 Å². The summed E-state index contributed by atoms with van der Waals surface area (Å²) in [4.78, 5) is 2.49. The first-order valence-corrected chi connectivity index (χ1v) is 4.00. The van der Waals surface area contributed by atoms with Crippen molar-refractivity contribution in [1.29, 1.82) is 0 Å². The second-order valence-electron chi connectivity index (χ2n) is 2.21. The molecule has 0 aliphatic carbocycles. The summed E-state index contributed by atoms with van der Waals surface area (Å²) in [5.41, 5.74) is 5.70. The summed E-state index contributed by atoms with van der Waals surface area (Å²) in [7, 11) is 0. The molecule has 0 radical (unpaired) electrons. The number of hydrogen-bond donors (Lipinski definition) is 1. The van der Waals surface area contributed by atoms with E-state index in [9.17, 15) is 0 Å². The minimum Gasteiger partial charge on any atom is -0.320 e. The highest BCUT2D eigenvalue weighted by molar-refractivity contribution is 7.12. The first-order chi connectivity index (χ1) is 4.74. The molecule has 0 bridgehead atoms. The van der Waals surface area contributed by atoms with E-state index in [2.05, 4.69) is 19.6 Å². The monoisotopic (exact) mass is 189 g/mol. The lowest BCUT2D eigenvalue weighted by Crippen LogP contribution is -2.03. The van der Waals surface area contributed by atoms with Crippen LogP contribution in [0.2, 0.25) is 0 Å². The fraction of sp³-hybridized carbons (Fsp3) is 0.250. The van der Waals surface area contributed by atoms with E-state index < -0.39 is 0 Å². The van der Waals surface area contributed by atoms with E-state index in [-0.39, 0.29) is 18.4 Å². The van der Waals surface area contributed by atoms with Crippen molar-refractivity contribution in [2.24, 2.45) is 5.73 Å². The fourth-order valence-corrected chi connectivity index (χ4v) is 1.62. The van der Waals surface area contributed by atoms with Gasteiger partial charge in [-0.2, -0.15) is 0 Å². The predicted octanol–water partition coefficient (Wildman–Crippen LogP) is 2.66. The average molecular weight is 190 g/mol. The van der Waals surface area contributed by atoms with Crippen molar-refractivity contribution in [2.75, 3.05) is 0 Å². The van der Waals surface area contributed by atoms with Crippen LogP contribution in [0.1, 0.15) is 15.8 Å². The summed E-state index contributed by atoms with van der Waals surface area (Å²) in [6.07, 6.45) is 1.76. The Morgan fingerprint density at radius 3 is 2.64 bits per heavy atom. The Labute approximate surface area is 77.3 Å². The van der Waals surface area contributed by atoms with E-state index in [0.29, 0.717) is 0 Å². The number of halogens is 1. The van der Waals surface area contributed by atoms with Crippen LogP contribution in [0.4, 0.5) is 0 Å². The molecular formula is C8H12ClNS. The number of hydrogen-bond acceptors (Lipinski definition) is 2. The third-order valence-corrected chi connectivity index (χ3v) is 2.45. The van der Waals surface area contributed by atoms with Gasteiger partial charge in [0, 0.05) is 9.75 Å². The van der Waals surface area contributed by atoms with Gasteiger partial charge in [0.05, 0.1) is 6.04 Å². The molecule has 1 aromatic heterocycles. The topological polar surface area (TPSA) is 26.0 Å². The molecule has 11 heavy (non-hydrogen) atoms. The summed E-state index contributed by atoms with van der Waals surface area (Å²) < 4.78 is 0. The van der Waals surface area contributed by atoms with Crippen LogP contribution in [0.25, 0.3) is 0 Å². The summed E-state index contributed by atoms with van der Waals surface area (Å²) in [5.74, 6) is 0. The van der Waals surface area contributed by atoms with E-state index in [4.69, 9.17) is 5.73 Å². The minimum absolute atomic E-state index is 0. The molecule has 0 unspecified atom stereocenters. The van der Waals surface area contributed by atoms with E-state index >= 15 is 0 Å². The zero-order valence-electron chi connectivity index (χ0n) is 6.41. The second-order valence-corrected chi connectivity index (χ2v) is 3.53. The summed E-state index contributed by atoms with van der Waals surface area (Å²) in [5, 5.41) is 0. The largest absolute Gasteiger partial charge is 0.320 e. The Hall–Kier alpha value is -0.310. The quantitative estimate of drug-likeness (QED) is 0.712. The van der Waals surface area contributed by atoms with Crippen LogP contribution in [-0.4, -0.2) is 0 Å². The first kappa shape index (κ1) is 10.7. The van der Waals surface area contributed by atoms with Crippen molar-refractivity contribution < 1.29 is 0 Å². The van der Waals surface area contributed by atoms with Gasteiger partial charge in [0.1, 0.15) is 0 Å². The highest BCUT2D eigenvalue weighted by Crippen LogP contribution is 2.20. The summed E-state index contributed by atoms with van der Waals surface area (Å²) in [6.45, 7) is 5.70. The fourth-order valence-electron chi connectivity index (χ4n) is 0.749. The zero-order valence-corrected chi connectivity index (χ0v) is 8.04. The molecule has 3 heteroatoms. The van der Waals surface area contributed by atoms with Gasteiger partial charge in [-0.15, -0.1) is 30.3 Å². The predicted molar refractivity (Wildman–Crippen MR) is 53.4 cm³/mol. The maximum atomic E-state index is 5.70. The van der Waals surface area contributed by atoms with Crippen molar-refractivity contribution in [3.8, 4) is 0 Å². The van der Waals surface area contributed by atoms with Crippen LogP contribution in [0.5, 0.6) is 0 Å². The highest BCUT2D eigenvalue weighted by atomic mass is 35.5. The van der Waals surface area contributed by atoms with Crippen LogP contribution in [0, 0.1) is 6.92 Å². The van der Waals surface area contributed by atoms with Gasteiger partial charge in [0.25, 0.3) is 0 Å². The van der Waals surface area contributed by atoms with Gasteiger partial charge in [0.2, 0.25) is 0 Å². The molecular weight excluding hydrogens is 178 g/mol. The van der Waals surface area contributed by atoms with Gasteiger partial charge < -0.3 is 5.73 Å². The first-order valence-electron chi connectivity index (χ1n) is 3.18. The Morgan fingerprint density at radius 2 is 2.27 bits per heavy atom. The minimum atomic E-state index is 0. The SMILES string of the molecule is C=C[C@H](N)c1ccc(C)s1.Cl. The lowest BCUT2D eigenvalue weighted by Gasteiger charge is -1.99. The Bertz CT molecular complexity index is 232. The van der Waals surface area contributed by atoms with Crippen molar-refractivity contribution in [3.05, 3.63) is 34.5 Å². The van der Waals surface area contributed by atoms with Crippen LogP contribution >= 0.6 is 23.7 Å². The van der Waals surface area contributed by atoms with Crippen molar-refractivity contribution in [1.82, 2.24) is 0 Å². The van der Waals surface area contributed by atoms with E-state index in [1.54, 1.807) is 17.4 Å². The normalized spacial score (nSPS) is 11.8. The van der Waals surface area contributed by atoms with Crippen molar-refractivity contribution in [3.63, 3.8) is 0 Å². The molecule has 0 fully saturated rings. The van der Waals surface area contributed by atoms with Crippen LogP contribution in [0.3, 0.4) is 0 Å². The molecule has 2 N–H and O–H groups in total. The third kappa shape index (κ3) is 2.66. The van der Waals surface area contributed by atoms with Crippen LogP contribution in [-0.2, 0) is 0 Å². The van der Waals surface area contributed by atoms with Gasteiger partial charge in [-0.3, -0.25) is 0 Å². The molecule has 1 atom stereocenters. The smallest absolute Gasteiger partial charge is 0.0573 e. The molecule has 0 spiro atoms. The number of thiophene rings is 1. The number of aryl methyl sites for hydroxylation is 1. The third-order valence-electron chi connectivity index (χ3n) is 1.34. The number of nitrogens with two attached hydrogens (primary N) is 1. The lowest BCUT2D eigenvalue weighted by atomic mass is 10.2. The molecule has 0 saturated heterocycles. The Balaban J connectivity index is 0.000001000. The van der Waals surface area contributed by atoms with Crippen molar-refractivity contribution >= 4 is 23.7 Å². The van der Waals surface area contributed by atoms with E-state index in [1.807, 2.05) is 6.07 Å². The second kappa shape index (κ2) is 4.54. The van der Waals surface area contributed by atoms with Gasteiger partial charge in [-0.1, -0.05) is 6.08 Å². The standard InChI is InChI=1S/C8H11NS.ClH/c1-3-7(9)8-5-4-6(2)10-8;/h3-5,7H,1,9H2,2H3;1H/t7-;/m0./s1. The number of rotatable bonds is 2. The maximum Gasteiger partial charge on any atom is 0.0573 e. The maximum absolute atomic E-state index is 5.70. The van der Waals surface area contributed by atoms with Gasteiger partial charge >= 0.3 is 0 Å². The molecule has 1 rings (SSSR count). The summed E-state index contributed by atoms with van der Waals surface area (Å²) >= 11 is 1.72.